The van der Waals surface area contributed by atoms with Crippen molar-refractivity contribution in [1.82, 2.24) is 4.98 Å². The molecule has 3 aromatic rings. The summed E-state index contributed by atoms with van der Waals surface area (Å²) in [7, 11) is 0. The zero-order valence-electron chi connectivity index (χ0n) is 15.9. The van der Waals surface area contributed by atoms with Crippen LogP contribution in [0.25, 0.3) is 11.3 Å². The van der Waals surface area contributed by atoms with Crippen LogP contribution in [0.3, 0.4) is 0 Å². The van der Waals surface area contributed by atoms with Crippen molar-refractivity contribution in [1.29, 1.82) is 0 Å². The number of amides is 2. The Bertz CT molecular complexity index is 1050. The van der Waals surface area contributed by atoms with Gasteiger partial charge in [0.05, 0.1) is 17.4 Å². The zero-order valence-corrected chi connectivity index (χ0v) is 15.9. The van der Waals surface area contributed by atoms with Crippen LogP contribution in [0.2, 0.25) is 0 Å². The van der Waals surface area contributed by atoms with Gasteiger partial charge in [-0.3, -0.25) is 9.59 Å². The molecule has 6 nitrogen and oxygen atoms in total. The number of rotatable bonds is 6. The molecule has 0 spiro atoms. The van der Waals surface area contributed by atoms with Crippen LogP contribution in [0.15, 0.2) is 59.1 Å². The molecule has 0 aliphatic rings. The van der Waals surface area contributed by atoms with Crippen LogP contribution in [0.4, 0.5) is 24.5 Å². The van der Waals surface area contributed by atoms with Crippen molar-refractivity contribution < 1.29 is 27.2 Å². The first-order valence-electron chi connectivity index (χ1n) is 9.01. The second-order valence-electron chi connectivity index (χ2n) is 6.47. The van der Waals surface area contributed by atoms with Crippen molar-refractivity contribution >= 4 is 23.2 Å². The molecule has 3 rings (SSSR count). The van der Waals surface area contributed by atoms with Gasteiger partial charge in [-0.1, -0.05) is 30.3 Å². The summed E-state index contributed by atoms with van der Waals surface area (Å²) in [6.07, 6.45) is -3.15. The summed E-state index contributed by atoms with van der Waals surface area (Å²) in [6, 6.07) is 12.4. The van der Waals surface area contributed by atoms with Gasteiger partial charge in [0.25, 0.3) is 0 Å². The molecule has 0 fully saturated rings. The maximum atomic E-state index is 13.3. The number of carbonyl (C=O) groups is 2. The highest BCUT2D eigenvalue weighted by molar-refractivity contribution is 5.93. The molecule has 0 saturated carbocycles. The molecule has 0 bridgehead atoms. The number of hydrogen-bond donors (Lipinski definition) is 2. The number of alkyl halides is 3. The molecule has 0 radical (unpaired) electrons. The molecule has 2 N–H and O–H groups in total. The summed E-state index contributed by atoms with van der Waals surface area (Å²) in [5.74, 6) is -0.270. The maximum absolute atomic E-state index is 13.3. The highest BCUT2D eigenvalue weighted by atomic mass is 19.4. The predicted octanol–water partition coefficient (Wildman–Crippen LogP) is 4.89. The van der Waals surface area contributed by atoms with Gasteiger partial charge in [0.15, 0.2) is 11.7 Å². The third-order valence-corrected chi connectivity index (χ3v) is 4.10. The van der Waals surface area contributed by atoms with E-state index in [9.17, 15) is 22.8 Å². The number of hydrogen-bond acceptors (Lipinski definition) is 4. The largest absolute Gasteiger partial charge is 0.441 e. The highest BCUT2D eigenvalue weighted by Gasteiger charge is 2.34. The van der Waals surface area contributed by atoms with Crippen LogP contribution in [-0.4, -0.2) is 16.8 Å². The van der Waals surface area contributed by atoms with Crippen molar-refractivity contribution in [2.24, 2.45) is 0 Å². The second kappa shape index (κ2) is 8.81. The summed E-state index contributed by atoms with van der Waals surface area (Å²) in [6.45, 7) is 1.19. The van der Waals surface area contributed by atoms with Gasteiger partial charge >= 0.3 is 6.18 Å². The molecule has 0 atom stereocenters. The fraction of sp³-hybridized carbons (Fsp3) is 0.190. The highest BCUT2D eigenvalue weighted by Crippen LogP contribution is 2.36. The first kappa shape index (κ1) is 21.1. The van der Waals surface area contributed by atoms with E-state index in [-0.39, 0.29) is 24.2 Å². The molecule has 9 heteroatoms. The van der Waals surface area contributed by atoms with Gasteiger partial charge in [0.2, 0.25) is 11.8 Å². The van der Waals surface area contributed by atoms with Gasteiger partial charge in [-0.25, -0.2) is 4.98 Å². The van der Waals surface area contributed by atoms with Crippen molar-refractivity contribution in [3.8, 4) is 11.3 Å². The molecule has 2 aromatic carbocycles. The SMILES string of the molecule is CC(=O)Nc1ccc(NC(=O)CCc2ncc(-c3ccccc3)o2)c(C(F)(F)F)c1. The van der Waals surface area contributed by atoms with E-state index in [1.807, 2.05) is 30.3 Å². The molecule has 30 heavy (non-hydrogen) atoms. The number of aryl methyl sites for hydroxylation is 1. The van der Waals surface area contributed by atoms with Gasteiger partial charge in [-0.05, 0) is 18.2 Å². The third kappa shape index (κ3) is 5.47. The van der Waals surface area contributed by atoms with Crippen molar-refractivity contribution in [3.05, 3.63) is 66.2 Å². The number of oxazole rings is 1. The van der Waals surface area contributed by atoms with Crippen LogP contribution < -0.4 is 10.6 Å². The van der Waals surface area contributed by atoms with Gasteiger partial charge in [-0.15, -0.1) is 0 Å². The van der Waals surface area contributed by atoms with Gasteiger partial charge < -0.3 is 15.1 Å². The van der Waals surface area contributed by atoms with Gasteiger partial charge in [0, 0.05) is 31.0 Å². The van der Waals surface area contributed by atoms with Crippen molar-refractivity contribution in [2.75, 3.05) is 10.6 Å². The number of nitrogens with zero attached hydrogens (tertiary/aromatic N) is 1. The fourth-order valence-corrected chi connectivity index (χ4v) is 2.76. The van der Waals surface area contributed by atoms with Crippen LogP contribution in [0.1, 0.15) is 24.8 Å². The van der Waals surface area contributed by atoms with Gasteiger partial charge in [0.1, 0.15) is 0 Å². The minimum absolute atomic E-state index is 0.0129. The quantitative estimate of drug-likeness (QED) is 0.598. The molecule has 156 valence electrons. The number of halogens is 3. The van der Waals surface area contributed by atoms with Gasteiger partial charge in [-0.2, -0.15) is 13.2 Å². The zero-order chi connectivity index (χ0) is 21.7. The molecule has 1 aromatic heterocycles. The average molecular weight is 417 g/mol. The Labute approximate surface area is 170 Å². The topological polar surface area (TPSA) is 84.2 Å². The first-order valence-corrected chi connectivity index (χ1v) is 9.01. The standard InChI is InChI=1S/C21H18F3N3O3/c1-13(28)26-15-7-8-17(16(11-15)21(22,23)24)27-19(29)9-10-20-25-12-18(30-20)14-5-3-2-4-6-14/h2-8,11-12H,9-10H2,1H3,(H,26,28)(H,27,29). The summed E-state index contributed by atoms with van der Waals surface area (Å²) < 4.78 is 45.6. The van der Waals surface area contributed by atoms with Crippen molar-refractivity contribution in [3.63, 3.8) is 0 Å². The van der Waals surface area contributed by atoms with E-state index in [1.54, 1.807) is 0 Å². The molecule has 0 aliphatic carbocycles. The predicted molar refractivity (Wildman–Crippen MR) is 105 cm³/mol. The van der Waals surface area contributed by atoms with Crippen molar-refractivity contribution in [2.45, 2.75) is 25.9 Å². The van der Waals surface area contributed by atoms with E-state index in [0.717, 1.165) is 17.7 Å². The number of anilines is 2. The minimum atomic E-state index is -4.70. The Morgan fingerprint density at radius 2 is 1.80 bits per heavy atom. The molecular weight excluding hydrogens is 399 g/mol. The summed E-state index contributed by atoms with van der Waals surface area (Å²) in [5, 5.41) is 4.55. The Morgan fingerprint density at radius 3 is 2.47 bits per heavy atom. The summed E-state index contributed by atoms with van der Waals surface area (Å²) in [5.41, 5.74) is -0.626. The molecule has 0 saturated heterocycles. The normalized spacial score (nSPS) is 11.2. The van der Waals surface area contributed by atoms with E-state index in [2.05, 4.69) is 15.6 Å². The Kier molecular flexibility index (Phi) is 6.20. The number of carbonyl (C=O) groups excluding carboxylic acids is 2. The lowest BCUT2D eigenvalue weighted by molar-refractivity contribution is -0.137. The lowest BCUT2D eigenvalue weighted by Gasteiger charge is -2.15. The average Bonchev–Trinajstić information content (AvgIpc) is 3.16. The summed E-state index contributed by atoms with van der Waals surface area (Å²) in [4.78, 5) is 27.4. The Hall–Kier alpha value is -3.62. The van der Waals surface area contributed by atoms with Crippen LogP contribution in [0.5, 0.6) is 0 Å². The number of aromatic nitrogens is 1. The van der Waals surface area contributed by atoms with Crippen LogP contribution >= 0.6 is 0 Å². The van der Waals surface area contributed by atoms with Crippen LogP contribution in [-0.2, 0) is 22.2 Å². The maximum Gasteiger partial charge on any atom is 0.418 e. The monoisotopic (exact) mass is 417 g/mol. The van der Waals surface area contributed by atoms with E-state index in [4.69, 9.17) is 4.42 Å². The molecule has 1 heterocycles. The Balaban J connectivity index is 1.66. The van der Waals surface area contributed by atoms with E-state index in [0.29, 0.717) is 11.7 Å². The van der Waals surface area contributed by atoms with E-state index >= 15 is 0 Å². The lowest BCUT2D eigenvalue weighted by Crippen LogP contribution is -2.17. The summed E-state index contributed by atoms with van der Waals surface area (Å²) >= 11 is 0. The second-order valence-corrected chi connectivity index (χ2v) is 6.47. The number of nitrogens with one attached hydrogen (secondary N) is 2. The fourth-order valence-electron chi connectivity index (χ4n) is 2.76. The lowest BCUT2D eigenvalue weighted by atomic mass is 10.1. The number of benzene rings is 2. The van der Waals surface area contributed by atoms with E-state index < -0.39 is 23.6 Å². The third-order valence-electron chi connectivity index (χ3n) is 4.10. The van der Waals surface area contributed by atoms with E-state index in [1.165, 1.54) is 19.2 Å². The molecule has 0 unspecified atom stereocenters. The molecular formula is C21H18F3N3O3. The Morgan fingerprint density at radius 1 is 1.07 bits per heavy atom. The molecule has 0 aliphatic heterocycles. The smallest absolute Gasteiger partial charge is 0.418 e. The van der Waals surface area contributed by atoms with Crippen LogP contribution in [0, 0.1) is 0 Å². The molecule has 2 amide bonds. The first-order chi connectivity index (χ1) is 14.2. The minimum Gasteiger partial charge on any atom is -0.441 e.